The van der Waals surface area contributed by atoms with E-state index in [2.05, 4.69) is 24.1 Å². The summed E-state index contributed by atoms with van der Waals surface area (Å²) in [7, 11) is 0. The maximum absolute atomic E-state index is 11.7. The number of carbonyl (C=O) groups excluding carboxylic acids is 1. The first kappa shape index (κ1) is 18.7. The molecular weight excluding hydrogens is 276 g/mol. The highest BCUT2D eigenvalue weighted by Gasteiger charge is 2.06. The van der Waals surface area contributed by atoms with Crippen molar-refractivity contribution in [1.29, 1.82) is 0 Å². The van der Waals surface area contributed by atoms with E-state index < -0.39 is 0 Å². The van der Waals surface area contributed by atoms with Crippen molar-refractivity contribution in [3.63, 3.8) is 0 Å². The number of anilines is 1. The molecule has 1 aromatic rings. The molecule has 1 N–H and O–H groups in total. The number of amides is 1. The zero-order chi connectivity index (χ0) is 14.3. The standard InChI is InChI=1S/C15H24N2O2.ClH/c1-5-17(6-2)9-10-19-15(18)16-14-8-7-12(3)11-13(14)4;/h7-8,11H,5-6,9-10H2,1-4H3,(H,16,18);1H. The Morgan fingerprint density at radius 3 is 2.45 bits per heavy atom. The molecule has 0 spiro atoms. The van der Waals surface area contributed by atoms with Crippen LogP contribution in [0.2, 0.25) is 0 Å². The van der Waals surface area contributed by atoms with Gasteiger partial charge in [-0.05, 0) is 38.6 Å². The minimum Gasteiger partial charge on any atom is -0.448 e. The van der Waals surface area contributed by atoms with Crippen molar-refractivity contribution in [1.82, 2.24) is 4.90 Å². The van der Waals surface area contributed by atoms with Gasteiger partial charge in [-0.2, -0.15) is 0 Å². The van der Waals surface area contributed by atoms with E-state index in [0.29, 0.717) is 6.61 Å². The van der Waals surface area contributed by atoms with Crippen LogP contribution in [0.3, 0.4) is 0 Å². The Kier molecular flexibility index (Phi) is 9.01. The average molecular weight is 301 g/mol. The van der Waals surface area contributed by atoms with Gasteiger partial charge in [0.1, 0.15) is 6.61 Å². The number of likely N-dealkylation sites (N-methyl/N-ethyl adjacent to an activating group) is 1. The van der Waals surface area contributed by atoms with Crippen molar-refractivity contribution < 1.29 is 9.53 Å². The molecule has 0 aromatic heterocycles. The van der Waals surface area contributed by atoms with Gasteiger partial charge in [0.2, 0.25) is 0 Å². The lowest BCUT2D eigenvalue weighted by Crippen LogP contribution is -2.28. The Balaban J connectivity index is 0.00000361. The molecule has 0 bridgehead atoms. The fraction of sp³-hybridized carbons (Fsp3) is 0.533. The average Bonchev–Trinajstić information content (AvgIpc) is 2.38. The van der Waals surface area contributed by atoms with Crippen LogP contribution in [0.4, 0.5) is 10.5 Å². The van der Waals surface area contributed by atoms with Crippen molar-refractivity contribution in [2.45, 2.75) is 27.7 Å². The summed E-state index contributed by atoms with van der Waals surface area (Å²) >= 11 is 0. The van der Waals surface area contributed by atoms with Crippen molar-refractivity contribution in [3.05, 3.63) is 29.3 Å². The van der Waals surface area contributed by atoms with Crippen LogP contribution >= 0.6 is 12.4 Å². The Morgan fingerprint density at radius 1 is 1.25 bits per heavy atom. The first-order valence-corrected chi connectivity index (χ1v) is 6.80. The molecule has 114 valence electrons. The molecule has 0 aliphatic rings. The van der Waals surface area contributed by atoms with Crippen LogP contribution in [0.15, 0.2) is 18.2 Å². The lowest BCUT2D eigenvalue weighted by atomic mass is 10.1. The first-order chi connectivity index (χ1) is 9.06. The van der Waals surface area contributed by atoms with E-state index >= 15 is 0 Å². The van der Waals surface area contributed by atoms with Gasteiger partial charge in [-0.15, -0.1) is 12.4 Å². The lowest BCUT2D eigenvalue weighted by molar-refractivity contribution is 0.142. The summed E-state index contributed by atoms with van der Waals surface area (Å²) in [6.07, 6.45) is -0.390. The second-order valence-electron chi connectivity index (χ2n) is 4.61. The number of hydrogen-bond acceptors (Lipinski definition) is 3. The van der Waals surface area contributed by atoms with Crippen LogP contribution in [0.1, 0.15) is 25.0 Å². The second-order valence-corrected chi connectivity index (χ2v) is 4.61. The van der Waals surface area contributed by atoms with E-state index in [1.807, 2.05) is 32.0 Å². The second kappa shape index (κ2) is 9.61. The molecule has 20 heavy (non-hydrogen) atoms. The zero-order valence-corrected chi connectivity index (χ0v) is 13.5. The van der Waals surface area contributed by atoms with Crippen molar-refractivity contribution >= 4 is 24.2 Å². The quantitative estimate of drug-likeness (QED) is 0.872. The topological polar surface area (TPSA) is 41.6 Å². The van der Waals surface area contributed by atoms with Crippen molar-refractivity contribution in [3.8, 4) is 0 Å². The molecule has 0 atom stereocenters. The summed E-state index contributed by atoms with van der Waals surface area (Å²) in [5.41, 5.74) is 3.03. The van der Waals surface area contributed by atoms with Gasteiger partial charge in [0.25, 0.3) is 0 Å². The maximum atomic E-state index is 11.7. The van der Waals surface area contributed by atoms with Crippen LogP contribution < -0.4 is 5.32 Å². The number of carbonyl (C=O) groups is 1. The van der Waals surface area contributed by atoms with Crippen LogP contribution in [0, 0.1) is 13.8 Å². The highest BCUT2D eigenvalue weighted by molar-refractivity contribution is 5.85. The number of aryl methyl sites for hydroxylation is 2. The third-order valence-corrected chi connectivity index (χ3v) is 3.15. The molecule has 4 nitrogen and oxygen atoms in total. The van der Waals surface area contributed by atoms with E-state index in [1.165, 1.54) is 5.56 Å². The normalized spacial score (nSPS) is 10.1. The van der Waals surface area contributed by atoms with Crippen LogP contribution in [-0.2, 0) is 4.74 Å². The number of ether oxygens (including phenoxy) is 1. The molecule has 0 saturated heterocycles. The molecule has 1 aromatic carbocycles. The largest absolute Gasteiger partial charge is 0.448 e. The Hall–Kier alpha value is -1.26. The van der Waals surface area contributed by atoms with Gasteiger partial charge in [0, 0.05) is 12.2 Å². The summed E-state index contributed by atoms with van der Waals surface area (Å²) < 4.78 is 5.17. The Morgan fingerprint density at radius 2 is 1.90 bits per heavy atom. The van der Waals surface area contributed by atoms with Crippen LogP contribution in [0.5, 0.6) is 0 Å². The predicted molar refractivity (Wildman–Crippen MR) is 85.9 cm³/mol. The van der Waals surface area contributed by atoms with Gasteiger partial charge in [-0.1, -0.05) is 31.5 Å². The third kappa shape index (κ3) is 6.26. The minimum absolute atomic E-state index is 0. The monoisotopic (exact) mass is 300 g/mol. The third-order valence-electron chi connectivity index (χ3n) is 3.15. The molecule has 1 amide bonds. The fourth-order valence-electron chi connectivity index (χ4n) is 1.91. The van der Waals surface area contributed by atoms with E-state index in [0.717, 1.165) is 30.9 Å². The first-order valence-electron chi connectivity index (χ1n) is 6.80. The van der Waals surface area contributed by atoms with E-state index in [4.69, 9.17) is 4.74 Å². The van der Waals surface area contributed by atoms with Crippen LogP contribution in [0.25, 0.3) is 0 Å². The fourth-order valence-corrected chi connectivity index (χ4v) is 1.91. The molecule has 0 heterocycles. The summed E-state index contributed by atoms with van der Waals surface area (Å²) in [5.74, 6) is 0. The van der Waals surface area contributed by atoms with Gasteiger partial charge < -0.3 is 9.64 Å². The number of nitrogens with one attached hydrogen (secondary N) is 1. The SMILES string of the molecule is CCN(CC)CCOC(=O)Nc1ccc(C)cc1C.Cl. The molecule has 0 fully saturated rings. The molecule has 0 aliphatic heterocycles. The zero-order valence-electron chi connectivity index (χ0n) is 12.7. The Labute approximate surface area is 127 Å². The van der Waals surface area contributed by atoms with Gasteiger partial charge in [-0.25, -0.2) is 4.79 Å². The number of halogens is 1. The van der Waals surface area contributed by atoms with Gasteiger partial charge >= 0.3 is 6.09 Å². The molecule has 1 rings (SSSR count). The summed E-state index contributed by atoms with van der Waals surface area (Å²) in [6.45, 7) is 11.3. The number of hydrogen-bond donors (Lipinski definition) is 1. The summed E-state index contributed by atoms with van der Waals surface area (Å²) in [5, 5.41) is 2.77. The Bertz CT molecular complexity index is 420. The van der Waals surface area contributed by atoms with E-state index in [1.54, 1.807) is 0 Å². The molecular formula is C15H25ClN2O2. The van der Waals surface area contributed by atoms with Crippen molar-refractivity contribution in [2.24, 2.45) is 0 Å². The van der Waals surface area contributed by atoms with Crippen LogP contribution in [-0.4, -0.2) is 37.2 Å². The molecule has 0 aliphatic carbocycles. The molecule has 0 radical (unpaired) electrons. The number of benzene rings is 1. The van der Waals surface area contributed by atoms with Gasteiger partial charge in [0.05, 0.1) is 0 Å². The lowest BCUT2D eigenvalue weighted by Gasteiger charge is -2.17. The smallest absolute Gasteiger partial charge is 0.411 e. The summed E-state index contributed by atoms with van der Waals surface area (Å²) in [6, 6.07) is 5.90. The number of nitrogens with zero attached hydrogens (tertiary/aromatic N) is 1. The maximum Gasteiger partial charge on any atom is 0.411 e. The molecule has 5 heteroatoms. The van der Waals surface area contributed by atoms with Crippen molar-refractivity contribution in [2.75, 3.05) is 31.6 Å². The van der Waals surface area contributed by atoms with E-state index in [-0.39, 0.29) is 18.5 Å². The molecule has 0 saturated carbocycles. The van der Waals surface area contributed by atoms with Gasteiger partial charge in [0.15, 0.2) is 0 Å². The van der Waals surface area contributed by atoms with E-state index in [9.17, 15) is 4.79 Å². The summed E-state index contributed by atoms with van der Waals surface area (Å²) in [4.78, 5) is 13.9. The number of rotatable bonds is 6. The minimum atomic E-state index is -0.390. The highest BCUT2D eigenvalue weighted by Crippen LogP contribution is 2.16. The van der Waals surface area contributed by atoms with Gasteiger partial charge in [-0.3, -0.25) is 5.32 Å². The molecule has 0 unspecified atom stereocenters. The predicted octanol–water partition coefficient (Wildman–Crippen LogP) is 3.62. The highest BCUT2D eigenvalue weighted by atomic mass is 35.5.